The number of alkyl halides is 1. The van der Waals surface area contributed by atoms with Gasteiger partial charge in [-0.15, -0.1) is 11.3 Å². The van der Waals surface area contributed by atoms with E-state index < -0.39 is 5.15 Å². The SMILES string of the molecule is C=CC(=O)N1Cc2sc(C)cc2[C@@H](c2ccccc2-c2cn(CC)nc2C(F)(P)P)C1. The van der Waals surface area contributed by atoms with Crippen LogP contribution in [0.4, 0.5) is 4.39 Å². The molecule has 8 heteroatoms. The molecular weight excluding hydrogens is 447 g/mol. The number of benzene rings is 1. The third kappa shape index (κ3) is 4.26. The molecule has 0 spiro atoms. The summed E-state index contributed by atoms with van der Waals surface area (Å²) < 4.78 is 16.8. The van der Waals surface area contributed by atoms with Crippen LogP contribution in [0, 0.1) is 6.92 Å². The van der Waals surface area contributed by atoms with Gasteiger partial charge >= 0.3 is 0 Å². The molecule has 31 heavy (non-hydrogen) atoms. The summed E-state index contributed by atoms with van der Waals surface area (Å²) in [4.78, 5) is 16.7. The van der Waals surface area contributed by atoms with Gasteiger partial charge in [0, 0.05) is 40.5 Å². The number of hydrogen-bond donors (Lipinski definition) is 0. The molecule has 162 valence electrons. The first-order valence-corrected chi connectivity index (χ1v) is 12.1. The van der Waals surface area contributed by atoms with Gasteiger partial charge in [-0.2, -0.15) is 5.10 Å². The Morgan fingerprint density at radius 1 is 1.35 bits per heavy atom. The van der Waals surface area contributed by atoms with Gasteiger partial charge in [-0.25, -0.2) is 4.39 Å². The molecule has 0 fully saturated rings. The normalized spacial score (nSPS) is 16.3. The Labute approximate surface area is 190 Å². The van der Waals surface area contributed by atoms with Crippen molar-refractivity contribution in [2.24, 2.45) is 0 Å². The van der Waals surface area contributed by atoms with Crippen molar-refractivity contribution < 1.29 is 9.18 Å². The monoisotopic (exact) mass is 473 g/mol. The largest absolute Gasteiger partial charge is 0.333 e. The Balaban J connectivity index is 1.89. The number of hydrogen-bond acceptors (Lipinski definition) is 3. The number of aryl methyl sites for hydroxylation is 2. The van der Waals surface area contributed by atoms with E-state index >= 15 is 4.39 Å². The first-order valence-electron chi connectivity index (χ1n) is 10.2. The zero-order valence-electron chi connectivity index (χ0n) is 17.6. The zero-order chi connectivity index (χ0) is 22.3. The summed E-state index contributed by atoms with van der Waals surface area (Å²) in [5.74, 6) is -0.0778. The predicted molar refractivity (Wildman–Crippen MR) is 132 cm³/mol. The minimum atomic E-state index is -1.73. The number of nitrogens with zero attached hydrogens (tertiary/aromatic N) is 3. The van der Waals surface area contributed by atoms with Crippen LogP contribution in [0.3, 0.4) is 0 Å². The van der Waals surface area contributed by atoms with Crippen molar-refractivity contribution in [1.29, 1.82) is 0 Å². The van der Waals surface area contributed by atoms with Crippen molar-refractivity contribution in [3.8, 4) is 11.1 Å². The van der Waals surface area contributed by atoms with Gasteiger partial charge in [-0.05, 0) is 42.7 Å². The standard InChI is InChI=1S/C23H26FN3OP2S/c1-4-21(28)26-11-18(17-10-14(3)31-20(17)13-26)15-8-6-7-9-16(15)19-12-27(5-2)25-22(19)23(24,29)30/h4,6-10,12,18H,1,5,11,13,29-30H2,2-3H3/t18-/m1/s1. The van der Waals surface area contributed by atoms with Gasteiger partial charge in [0.15, 0.2) is 5.15 Å². The summed E-state index contributed by atoms with van der Waals surface area (Å²) in [5.41, 5.74) is 4.39. The number of aromatic nitrogens is 2. The third-order valence-electron chi connectivity index (χ3n) is 5.64. The highest BCUT2D eigenvalue weighted by atomic mass is 32.1. The molecule has 1 aliphatic rings. The van der Waals surface area contributed by atoms with E-state index in [0.717, 1.165) is 16.7 Å². The number of halogens is 1. The maximum atomic E-state index is 15.0. The molecule has 0 radical (unpaired) electrons. The van der Waals surface area contributed by atoms with Crippen LogP contribution in [0.25, 0.3) is 11.1 Å². The average Bonchev–Trinajstić information content (AvgIpc) is 3.35. The summed E-state index contributed by atoms with van der Waals surface area (Å²) >= 11 is 1.73. The number of rotatable bonds is 5. The highest BCUT2D eigenvalue weighted by molar-refractivity contribution is 7.38. The van der Waals surface area contributed by atoms with Crippen LogP contribution in [-0.4, -0.2) is 27.1 Å². The lowest BCUT2D eigenvalue weighted by Crippen LogP contribution is -2.37. The van der Waals surface area contributed by atoms with Crippen LogP contribution >= 0.6 is 29.8 Å². The minimum Gasteiger partial charge on any atom is -0.333 e. The van der Waals surface area contributed by atoms with Gasteiger partial charge in [0.1, 0.15) is 5.69 Å². The summed E-state index contributed by atoms with van der Waals surface area (Å²) in [6, 6.07) is 10.3. The second-order valence-corrected chi connectivity index (χ2v) is 11.5. The number of amides is 1. The van der Waals surface area contributed by atoms with Gasteiger partial charge in [0.25, 0.3) is 0 Å². The molecule has 4 rings (SSSR count). The highest BCUT2D eigenvalue weighted by Crippen LogP contribution is 2.47. The van der Waals surface area contributed by atoms with Gasteiger partial charge in [-0.1, -0.05) is 49.3 Å². The van der Waals surface area contributed by atoms with Crippen LogP contribution < -0.4 is 0 Å². The topological polar surface area (TPSA) is 38.1 Å². The molecule has 0 bridgehead atoms. The molecule has 1 amide bonds. The van der Waals surface area contributed by atoms with E-state index in [4.69, 9.17) is 0 Å². The molecule has 4 nitrogen and oxygen atoms in total. The fraction of sp³-hybridized carbons (Fsp3) is 0.304. The summed E-state index contributed by atoms with van der Waals surface area (Å²) in [5, 5.41) is 2.76. The lowest BCUT2D eigenvalue weighted by Gasteiger charge is -2.33. The van der Waals surface area contributed by atoms with E-state index in [0.29, 0.717) is 25.3 Å². The van der Waals surface area contributed by atoms with E-state index in [1.807, 2.05) is 36.2 Å². The first kappa shape index (κ1) is 22.3. The van der Waals surface area contributed by atoms with Crippen LogP contribution in [0.5, 0.6) is 0 Å². The number of carbonyl (C=O) groups excluding carboxylic acids is 1. The average molecular weight is 473 g/mol. The van der Waals surface area contributed by atoms with E-state index in [-0.39, 0.29) is 11.8 Å². The molecule has 0 saturated heterocycles. The fourth-order valence-corrected chi connectivity index (χ4v) is 5.77. The maximum Gasteiger partial charge on any atom is 0.246 e. The van der Waals surface area contributed by atoms with E-state index in [9.17, 15) is 4.79 Å². The number of fused-ring (bicyclic) bond motifs is 1. The van der Waals surface area contributed by atoms with E-state index in [2.05, 4.69) is 49.2 Å². The molecule has 3 aromatic rings. The highest BCUT2D eigenvalue weighted by Gasteiger charge is 2.34. The summed E-state index contributed by atoms with van der Waals surface area (Å²) in [6.45, 7) is 9.55. The minimum absolute atomic E-state index is 0.00495. The molecule has 1 aromatic carbocycles. The quantitative estimate of drug-likeness (QED) is 0.366. The molecule has 3 heterocycles. The molecule has 0 aliphatic carbocycles. The Kier molecular flexibility index (Phi) is 6.18. The molecule has 0 saturated carbocycles. The smallest absolute Gasteiger partial charge is 0.246 e. The molecule has 1 aliphatic heterocycles. The van der Waals surface area contributed by atoms with Gasteiger partial charge in [0.05, 0.1) is 6.54 Å². The third-order valence-corrected chi connectivity index (χ3v) is 7.24. The van der Waals surface area contributed by atoms with Gasteiger partial charge < -0.3 is 4.90 Å². The fourth-order valence-electron chi connectivity index (χ4n) is 4.23. The maximum absolute atomic E-state index is 15.0. The Morgan fingerprint density at radius 3 is 2.77 bits per heavy atom. The summed E-state index contributed by atoms with van der Waals surface area (Å²) in [6.07, 6.45) is 3.28. The van der Waals surface area contributed by atoms with Crippen molar-refractivity contribution in [2.75, 3.05) is 6.54 Å². The lowest BCUT2D eigenvalue weighted by atomic mass is 9.83. The zero-order valence-corrected chi connectivity index (χ0v) is 20.8. The van der Waals surface area contributed by atoms with Crippen LogP contribution in [-0.2, 0) is 23.0 Å². The summed E-state index contributed by atoms with van der Waals surface area (Å²) in [7, 11) is 4.46. The molecule has 2 unspecified atom stereocenters. The van der Waals surface area contributed by atoms with Crippen LogP contribution in [0.1, 0.15) is 39.4 Å². The first-order chi connectivity index (χ1) is 14.7. The van der Waals surface area contributed by atoms with Crippen molar-refractivity contribution >= 4 is 35.7 Å². The Morgan fingerprint density at radius 2 is 2.10 bits per heavy atom. The Bertz CT molecular complexity index is 1150. The van der Waals surface area contributed by atoms with Crippen molar-refractivity contribution in [3.63, 3.8) is 0 Å². The number of thiophene rings is 1. The number of carbonyl (C=O) groups is 1. The van der Waals surface area contributed by atoms with Crippen LogP contribution in [0.2, 0.25) is 0 Å². The van der Waals surface area contributed by atoms with Gasteiger partial charge in [-0.3, -0.25) is 9.48 Å². The molecule has 3 atom stereocenters. The van der Waals surface area contributed by atoms with Crippen molar-refractivity contribution in [1.82, 2.24) is 14.7 Å². The van der Waals surface area contributed by atoms with E-state index in [1.54, 1.807) is 16.0 Å². The molecular formula is C23H26FN3OP2S. The second kappa shape index (κ2) is 8.58. The van der Waals surface area contributed by atoms with E-state index in [1.165, 1.54) is 21.4 Å². The Hall–Kier alpha value is -1.87. The van der Waals surface area contributed by atoms with Gasteiger partial charge in [0.2, 0.25) is 5.91 Å². The van der Waals surface area contributed by atoms with Crippen molar-refractivity contribution in [2.45, 2.75) is 38.0 Å². The second-order valence-electron chi connectivity index (χ2n) is 7.81. The van der Waals surface area contributed by atoms with Crippen LogP contribution in [0.15, 0.2) is 49.2 Å². The van der Waals surface area contributed by atoms with Crippen molar-refractivity contribution in [3.05, 3.63) is 75.8 Å². The lowest BCUT2D eigenvalue weighted by molar-refractivity contribution is -0.127. The molecule has 0 N–H and O–H groups in total. The predicted octanol–water partition coefficient (Wildman–Crippen LogP) is 5.43. The molecule has 2 aromatic heterocycles.